The minimum atomic E-state index is -0.461. The Bertz CT molecular complexity index is 604. The summed E-state index contributed by atoms with van der Waals surface area (Å²) in [4.78, 5) is 4.36. The number of nitriles is 1. The number of fused-ring (bicyclic) bond motifs is 1. The van der Waals surface area contributed by atoms with Gasteiger partial charge in [-0.05, 0) is 38.6 Å². The van der Waals surface area contributed by atoms with Crippen molar-refractivity contribution in [2.24, 2.45) is 12.5 Å². The molecular formula is C14H18N4. The number of aryl methyl sites for hydroxylation is 1. The molecule has 1 aromatic carbocycles. The zero-order valence-electron chi connectivity index (χ0n) is 11.2. The second-order valence-electron chi connectivity index (χ2n) is 5.16. The number of rotatable bonds is 3. The van der Waals surface area contributed by atoms with E-state index in [1.165, 1.54) is 0 Å². The highest BCUT2D eigenvalue weighted by Gasteiger charge is 2.29. The molecule has 4 nitrogen and oxygen atoms in total. The normalized spacial score (nSPS) is 13.5. The molecule has 2 rings (SSSR count). The summed E-state index contributed by atoms with van der Waals surface area (Å²) in [6, 6.07) is 8.51. The van der Waals surface area contributed by atoms with E-state index in [4.69, 9.17) is 0 Å². The summed E-state index contributed by atoms with van der Waals surface area (Å²) in [6.07, 6.45) is 1.80. The minimum absolute atomic E-state index is 0.00564. The zero-order valence-corrected chi connectivity index (χ0v) is 11.2. The first-order valence-corrected chi connectivity index (χ1v) is 5.99. The van der Waals surface area contributed by atoms with E-state index in [1.807, 2.05) is 32.5 Å². The molecule has 0 aliphatic rings. The summed E-state index contributed by atoms with van der Waals surface area (Å²) in [6.45, 7) is 3.88. The summed E-state index contributed by atoms with van der Waals surface area (Å²) in [7, 11) is 3.86. The maximum Gasteiger partial charge on any atom is 0.0955 e. The number of nitrogens with zero attached hydrogens (tertiary/aromatic N) is 3. The van der Waals surface area contributed by atoms with E-state index in [1.54, 1.807) is 6.33 Å². The van der Waals surface area contributed by atoms with Crippen LogP contribution in [0.25, 0.3) is 11.0 Å². The number of hydrogen-bond donors (Lipinski definition) is 1. The summed E-state index contributed by atoms with van der Waals surface area (Å²) < 4.78 is 1.99. The van der Waals surface area contributed by atoms with Crippen LogP contribution < -0.4 is 5.32 Å². The van der Waals surface area contributed by atoms with Gasteiger partial charge in [0.1, 0.15) is 0 Å². The molecule has 0 fully saturated rings. The molecule has 0 aliphatic heterocycles. The maximum atomic E-state index is 9.26. The average molecular weight is 242 g/mol. The van der Waals surface area contributed by atoms with E-state index >= 15 is 0 Å². The van der Waals surface area contributed by atoms with Crippen LogP contribution in [0.2, 0.25) is 0 Å². The van der Waals surface area contributed by atoms with E-state index in [-0.39, 0.29) is 6.04 Å². The van der Waals surface area contributed by atoms with Gasteiger partial charge in [0.2, 0.25) is 0 Å². The molecule has 0 saturated carbocycles. The first-order chi connectivity index (χ1) is 8.49. The molecular weight excluding hydrogens is 224 g/mol. The highest BCUT2D eigenvalue weighted by Crippen LogP contribution is 2.33. The standard InChI is InChI=1S/C14H18N4/c1-14(2,8-15)13(16-3)10-5-6-12-11(7-10)17-9-18(12)4/h5-7,9,13,16H,1-4H3. The molecule has 0 amide bonds. The monoisotopic (exact) mass is 242 g/mol. The van der Waals surface area contributed by atoms with E-state index in [2.05, 4.69) is 34.6 Å². The van der Waals surface area contributed by atoms with Gasteiger partial charge in [0.05, 0.1) is 34.9 Å². The molecule has 1 heterocycles. The quantitative estimate of drug-likeness (QED) is 0.899. The number of hydrogen-bond acceptors (Lipinski definition) is 3. The molecule has 1 N–H and O–H groups in total. The van der Waals surface area contributed by atoms with Gasteiger partial charge in [0.25, 0.3) is 0 Å². The van der Waals surface area contributed by atoms with E-state index < -0.39 is 5.41 Å². The molecule has 94 valence electrons. The van der Waals surface area contributed by atoms with Crippen molar-refractivity contribution in [3.8, 4) is 6.07 Å². The Hall–Kier alpha value is -1.86. The van der Waals surface area contributed by atoms with Crippen LogP contribution in [0.1, 0.15) is 25.5 Å². The number of benzene rings is 1. The Kier molecular flexibility index (Phi) is 3.10. The molecule has 0 aliphatic carbocycles. The lowest BCUT2D eigenvalue weighted by atomic mass is 9.82. The fourth-order valence-corrected chi connectivity index (χ4v) is 2.34. The number of nitrogens with one attached hydrogen (secondary N) is 1. The first-order valence-electron chi connectivity index (χ1n) is 5.99. The van der Waals surface area contributed by atoms with Gasteiger partial charge in [-0.1, -0.05) is 6.07 Å². The Balaban J connectivity index is 2.50. The molecule has 0 bridgehead atoms. The molecule has 1 aromatic heterocycles. The molecule has 0 spiro atoms. The minimum Gasteiger partial charge on any atom is -0.334 e. The molecule has 1 atom stereocenters. The predicted molar refractivity (Wildman–Crippen MR) is 71.9 cm³/mol. The van der Waals surface area contributed by atoms with Gasteiger partial charge in [-0.25, -0.2) is 4.98 Å². The summed E-state index contributed by atoms with van der Waals surface area (Å²) in [5.41, 5.74) is 2.69. The first kappa shape index (κ1) is 12.6. The fourth-order valence-electron chi connectivity index (χ4n) is 2.34. The third-order valence-electron chi connectivity index (χ3n) is 3.38. The van der Waals surface area contributed by atoms with E-state index in [0.717, 1.165) is 16.6 Å². The van der Waals surface area contributed by atoms with Crippen molar-refractivity contribution in [1.29, 1.82) is 5.26 Å². The van der Waals surface area contributed by atoms with Gasteiger partial charge in [-0.15, -0.1) is 0 Å². The Labute approximate surface area is 107 Å². The predicted octanol–water partition coefficient (Wildman–Crippen LogP) is 2.38. The van der Waals surface area contributed by atoms with Gasteiger partial charge in [-0.3, -0.25) is 0 Å². The van der Waals surface area contributed by atoms with Crippen LogP contribution in [-0.2, 0) is 7.05 Å². The number of imidazole rings is 1. The molecule has 18 heavy (non-hydrogen) atoms. The second kappa shape index (κ2) is 4.43. The van der Waals surface area contributed by atoms with E-state index in [9.17, 15) is 5.26 Å². The van der Waals surface area contributed by atoms with Crippen molar-refractivity contribution in [2.75, 3.05) is 7.05 Å². The number of aromatic nitrogens is 2. The molecule has 0 saturated heterocycles. The van der Waals surface area contributed by atoms with Crippen molar-refractivity contribution in [1.82, 2.24) is 14.9 Å². The SMILES string of the molecule is CNC(c1ccc2c(c1)ncn2C)C(C)(C)C#N. The average Bonchev–Trinajstić information content (AvgIpc) is 2.71. The van der Waals surface area contributed by atoms with Crippen LogP contribution >= 0.6 is 0 Å². The molecule has 2 aromatic rings. The van der Waals surface area contributed by atoms with Crippen LogP contribution in [0.3, 0.4) is 0 Å². The summed E-state index contributed by atoms with van der Waals surface area (Å²) >= 11 is 0. The third-order valence-corrected chi connectivity index (χ3v) is 3.38. The summed E-state index contributed by atoms with van der Waals surface area (Å²) in [5.74, 6) is 0. The van der Waals surface area contributed by atoms with Crippen molar-refractivity contribution in [3.63, 3.8) is 0 Å². The highest BCUT2D eigenvalue weighted by molar-refractivity contribution is 5.76. The molecule has 1 unspecified atom stereocenters. The van der Waals surface area contributed by atoms with E-state index in [0.29, 0.717) is 0 Å². The molecule has 4 heteroatoms. The third kappa shape index (κ3) is 1.98. The fraction of sp³-hybridized carbons (Fsp3) is 0.429. The Morgan fingerprint density at radius 1 is 1.44 bits per heavy atom. The van der Waals surface area contributed by atoms with Gasteiger partial charge >= 0.3 is 0 Å². The van der Waals surface area contributed by atoms with Gasteiger partial charge < -0.3 is 9.88 Å². The molecule has 0 radical (unpaired) electrons. The van der Waals surface area contributed by atoms with Gasteiger partial charge in [0.15, 0.2) is 0 Å². The lowest BCUT2D eigenvalue weighted by Gasteiger charge is -2.28. The Morgan fingerprint density at radius 3 is 2.78 bits per heavy atom. The van der Waals surface area contributed by atoms with Crippen LogP contribution in [0, 0.1) is 16.7 Å². The smallest absolute Gasteiger partial charge is 0.0955 e. The van der Waals surface area contributed by atoms with Gasteiger partial charge in [0, 0.05) is 7.05 Å². The van der Waals surface area contributed by atoms with Crippen LogP contribution in [0.5, 0.6) is 0 Å². The lowest BCUT2D eigenvalue weighted by Crippen LogP contribution is -2.30. The van der Waals surface area contributed by atoms with Gasteiger partial charge in [-0.2, -0.15) is 5.26 Å². The lowest BCUT2D eigenvalue weighted by molar-refractivity contribution is 0.344. The van der Waals surface area contributed by atoms with Crippen LogP contribution in [0.4, 0.5) is 0 Å². The van der Waals surface area contributed by atoms with Crippen molar-refractivity contribution >= 4 is 11.0 Å². The van der Waals surface area contributed by atoms with Crippen molar-refractivity contribution < 1.29 is 0 Å². The van der Waals surface area contributed by atoms with Crippen molar-refractivity contribution in [2.45, 2.75) is 19.9 Å². The zero-order chi connectivity index (χ0) is 13.3. The second-order valence-corrected chi connectivity index (χ2v) is 5.16. The summed E-state index contributed by atoms with van der Waals surface area (Å²) in [5, 5.41) is 12.5. The van der Waals surface area contributed by atoms with Crippen molar-refractivity contribution in [3.05, 3.63) is 30.1 Å². The largest absolute Gasteiger partial charge is 0.334 e. The maximum absolute atomic E-state index is 9.26. The Morgan fingerprint density at radius 2 is 2.17 bits per heavy atom. The highest BCUT2D eigenvalue weighted by atomic mass is 15.0. The van der Waals surface area contributed by atoms with Crippen LogP contribution in [-0.4, -0.2) is 16.6 Å². The van der Waals surface area contributed by atoms with Crippen LogP contribution in [0.15, 0.2) is 24.5 Å². The topological polar surface area (TPSA) is 53.6 Å².